The number of rotatable bonds is 1. The van der Waals surface area contributed by atoms with Gasteiger partial charge in [0.05, 0.1) is 5.56 Å². The second-order valence-electron chi connectivity index (χ2n) is 6.94. The van der Waals surface area contributed by atoms with Crippen molar-refractivity contribution in [3.63, 3.8) is 0 Å². The molecule has 0 N–H and O–H groups in total. The van der Waals surface area contributed by atoms with Crippen LogP contribution in [0.2, 0.25) is 0 Å². The Balaban J connectivity index is 1.97. The lowest BCUT2D eigenvalue weighted by Gasteiger charge is -2.20. The highest BCUT2D eigenvalue weighted by atomic mass is 16.3. The Morgan fingerprint density at radius 2 is 1.33 bits per heavy atom. The molecule has 0 amide bonds. The number of hydrogen-bond acceptors (Lipinski definition) is 2. The van der Waals surface area contributed by atoms with Gasteiger partial charge in [-0.15, -0.1) is 0 Å². The van der Waals surface area contributed by atoms with E-state index in [0.29, 0.717) is 17.1 Å². The Morgan fingerprint density at radius 1 is 0.741 bits per heavy atom. The molecular weight excluding hydrogens is 332 g/mol. The zero-order valence-electron chi connectivity index (χ0n) is 15.0. The molecule has 3 aromatic carbocycles. The van der Waals surface area contributed by atoms with Gasteiger partial charge >= 0.3 is 0 Å². The maximum atomic E-state index is 13.0. The van der Waals surface area contributed by atoms with E-state index in [1.807, 2.05) is 37.3 Å². The van der Waals surface area contributed by atoms with Crippen LogP contribution in [0.5, 0.6) is 0 Å². The number of aryl methyl sites for hydroxylation is 1. The van der Waals surface area contributed by atoms with Gasteiger partial charge in [0.25, 0.3) is 0 Å². The number of hydrogen-bond donors (Lipinski definition) is 0. The molecule has 1 heterocycles. The van der Waals surface area contributed by atoms with E-state index in [4.69, 9.17) is 4.42 Å². The number of benzene rings is 3. The second kappa shape index (κ2) is 6.10. The van der Waals surface area contributed by atoms with Gasteiger partial charge in [-0.25, -0.2) is 0 Å². The Kier molecular flexibility index (Phi) is 3.58. The van der Waals surface area contributed by atoms with E-state index in [9.17, 15) is 4.79 Å². The van der Waals surface area contributed by atoms with Gasteiger partial charge in [0, 0.05) is 17.5 Å². The lowest BCUT2D eigenvalue weighted by molar-refractivity contribution is 0.531. The average Bonchev–Trinajstić information content (AvgIpc) is 2.81. The zero-order chi connectivity index (χ0) is 18.4. The number of fused-ring (bicyclic) bond motifs is 5. The van der Waals surface area contributed by atoms with Gasteiger partial charge in [-0.3, -0.25) is 4.79 Å². The predicted molar refractivity (Wildman–Crippen MR) is 108 cm³/mol. The summed E-state index contributed by atoms with van der Waals surface area (Å²) in [6.07, 6.45) is 0. The van der Waals surface area contributed by atoms with Crippen LogP contribution in [0, 0.1) is 6.92 Å². The summed E-state index contributed by atoms with van der Waals surface area (Å²) >= 11 is 0. The fraction of sp³-hybridized carbons (Fsp3) is 0.0800. The van der Waals surface area contributed by atoms with Crippen LogP contribution in [0.15, 0.2) is 94.1 Å². The Morgan fingerprint density at radius 3 is 2.07 bits per heavy atom. The van der Waals surface area contributed by atoms with Crippen LogP contribution in [-0.2, 0) is 0 Å². The molecule has 0 saturated heterocycles. The molecule has 1 atom stereocenters. The van der Waals surface area contributed by atoms with Crippen LogP contribution in [0.4, 0.5) is 0 Å². The van der Waals surface area contributed by atoms with Crippen molar-refractivity contribution in [3.05, 3.63) is 118 Å². The molecule has 0 radical (unpaired) electrons. The first-order chi connectivity index (χ1) is 13.2. The summed E-state index contributed by atoms with van der Waals surface area (Å²) in [5, 5.41) is 0. The monoisotopic (exact) mass is 350 g/mol. The Hall–Kier alpha value is -3.39. The Labute approximate surface area is 157 Å². The van der Waals surface area contributed by atoms with Crippen molar-refractivity contribution in [3.8, 4) is 22.5 Å². The smallest absolute Gasteiger partial charge is 0.193 e. The van der Waals surface area contributed by atoms with E-state index in [2.05, 4.69) is 48.5 Å². The third-order valence-corrected chi connectivity index (χ3v) is 5.26. The summed E-state index contributed by atoms with van der Waals surface area (Å²) in [5.74, 6) is 1.34. The first kappa shape index (κ1) is 15.8. The molecule has 1 aliphatic rings. The van der Waals surface area contributed by atoms with Gasteiger partial charge in [0.1, 0.15) is 11.5 Å². The molecule has 4 aromatic rings. The van der Waals surface area contributed by atoms with E-state index in [0.717, 1.165) is 22.3 Å². The molecule has 0 fully saturated rings. The highest BCUT2D eigenvalue weighted by Crippen LogP contribution is 2.46. The molecule has 0 spiro atoms. The lowest BCUT2D eigenvalue weighted by Crippen LogP contribution is -2.07. The van der Waals surface area contributed by atoms with E-state index in [-0.39, 0.29) is 11.3 Å². The van der Waals surface area contributed by atoms with Gasteiger partial charge in [0.2, 0.25) is 0 Å². The van der Waals surface area contributed by atoms with Crippen LogP contribution in [0.1, 0.15) is 28.4 Å². The van der Waals surface area contributed by atoms with Gasteiger partial charge in [-0.1, -0.05) is 78.9 Å². The predicted octanol–water partition coefficient (Wildman–Crippen LogP) is 5.78. The quantitative estimate of drug-likeness (QED) is 0.384. The van der Waals surface area contributed by atoms with Crippen molar-refractivity contribution >= 4 is 0 Å². The summed E-state index contributed by atoms with van der Waals surface area (Å²) in [7, 11) is 0. The Bertz CT molecular complexity index is 1200. The van der Waals surface area contributed by atoms with Crippen LogP contribution < -0.4 is 5.43 Å². The largest absolute Gasteiger partial charge is 0.460 e. The molecule has 2 heteroatoms. The summed E-state index contributed by atoms with van der Waals surface area (Å²) in [6.45, 7) is 1.83. The molecule has 0 bridgehead atoms. The van der Waals surface area contributed by atoms with Crippen molar-refractivity contribution in [1.82, 2.24) is 0 Å². The molecule has 5 rings (SSSR count). The van der Waals surface area contributed by atoms with E-state index in [1.165, 1.54) is 5.56 Å². The minimum atomic E-state index is 0.00437. The normalized spacial score (nSPS) is 14.6. The maximum absolute atomic E-state index is 13.0. The SMILES string of the molecule is Cc1cc(=O)c2c(o1)-c1ccccc1[C@@H](c1ccccc1)c1ccccc1-2. The molecule has 130 valence electrons. The molecule has 1 aromatic heterocycles. The minimum Gasteiger partial charge on any atom is -0.460 e. The average molecular weight is 350 g/mol. The standard InChI is InChI=1S/C25H18O2/c1-16-15-22(26)24-19-12-6-5-11-18(19)23(17-9-3-2-4-10-17)20-13-7-8-14-21(20)25(24)27-16/h2-15,23H,1H3/t23-/m0/s1. The van der Waals surface area contributed by atoms with Crippen LogP contribution in [0.25, 0.3) is 22.5 Å². The third kappa shape index (κ3) is 2.45. The summed E-state index contributed by atoms with van der Waals surface area (Å²) in [5.41, 5.74) is 6.08. The minimum absolute atomic E-state index is 0.00437. The van der Waals surface area contributed by atoms with Crippen molar-refractivity contribution in [2.45, 2.75) is 12.8 Å². The molecule has 2 nitrogen and oxygen atoms in total. The van der Waals surface area contributed by atoms with Crippen LogP contribution in [0.3, 0.4) is 0 Å². The first-order valence-corrected chi connectivity index (χ1v) is 9.12. The molecular formula is C25H18O2. The van der Waals surface area contributed by atoms with Gasteiger partial charge in [-0.2, -0.15) is 0 Å². The van der Waals surface area contributed by atoms with Gasteiger partial charge < -0.3 is 4.42 Å². The fourth-order valence-electron chi connectivity index (χ4n) is 4.16. The first-order valence-electron chi connectivity index (χ1n) is 9.12. The maximum Gasteiger partial charge on any atom is 0.193 e. The van der Waals surface area contributed by atoms with Crippen molar-refractivity contribution in [2.24, 2.45) is 0 Å². The molecule has 0 saturated carbocycles. The molecule has 0 unspecified atom stereocenters. The zero-order valence-corrected chi connectivity index (χ0v) is 15.0. The highest BCUT2D eigenvalue weighted by Gasteiger charge is 2.30. The van der Waals surface area contributed by atoms with Crippen molar-refractivity contribution in [1.29, 1.82) is 0 Å². The summed E-state index contributed by atoms with van der Waals surface area (Å²) in [4.78, 5) is 13.0. The van der Waals surface area contributed by atoms with Crippen LogP contribution in [-0.4, -0.2) is 0 Å². The molecule has 27 heavy (non-hydrogen) atoms. The van der Waals surface area contributed by atoms with E-state index < -0.39 is 0 Å². The van der Waals surface area contributed by atoms with Crippen molar-refractivity contribution in [2.75, 3.05) is 0 Å². The van der Waals surface area contributed by atoms with Gasteiger partial charge in [0.15, 0.2) is 5.43 Å². The van der Waals surface area contributed by atoms with E-state index in [1.54, 1.807) is 6.07 Å². The lowest BCUT2D eigenvalue weighted by atomic mass is 9.82. The summed E-state index contributed by atoms with van der Waals surface area (Å²) in [6, 6.07) is 28.5. The van der Waals surface area contributed by atoms with Crippen molar-refractivity contribution < 1.29 is 4.42 Å². The highest BCUT2D eigenvalue weighted by molar-refractivity contribution is 5.86. The second-order valence-corrected chi connectivity index (χ2v) is 6.94. The molecule has 0 aliphatic heterocycles. The summed E-state index contributed by atoms with van der Waals surface area (Å²) < 4.78 is 6.13. The molecule has 1 aliphatic carbocycles. The fourth-order valence-corrected chi connectivity index (χ4v) is 4.16. The third-order valence-electron chi connectivity index (χ3n) is 5.26. The van der Waals surface area contributed by atoms with Crippen LogP contribution >= 0.6 is 0 Å². The topological polar surface area (TPSA) is 30.2 Å². The van der Waals surface area contributed by atoms with Gasteiger partial charge in [-0.05, 0) is 29.2 Å². The van der Waals surface area contributed by atoms with E-state index >= 15 is 0 Å².